The Morgan fingerprint density at radius 3 is 2.03 bits per heavy atom. The summed E-state index contributed by atoms with van der Waals surface area (Å²) in [6.45, 7) is 7.29. The summed E-state index contributed by atoms with van der Waals surface area (Å²) >= 11 is 0. The number of hydrogen-bond donors (Lipinski definition) is 1. The van der Waals surface area contributed by atoms with Crippen LogP contribution in [0.25, 0.3) is 16.7 Å². The quantitative estimate of drug-likeness (QED) is 0.180. The van der Waals surface area contributed by atoms with Crippen molar-refractivity contribution in [3.05, 3.63) is 41.5 Å². The molecule has 0 fully saturated rings. The molecule has 0 unspecified atom stereocenters. The van der Waals surface area contributed by atoms with E-state index in [0.717, 1.165) is 48.0 Å². The number of rotatable bonds is 18. The van der Waals surface area contributed by atoms with Gasteiger partial charge in [-0.3, -0.25) is 0 Å². The summed E-state index contributed by atoms with van der Waals surface area (Å²) in [6, 6.07) is 10.1. The highest BCUT2D eigenvalue weighted by atomic mass is 16.5. The molecular weight excluding hydrogens is 446 g/mol. The number of benzene rings is 2. The van der Waals surface area contributed by atoms with E-state index >= 15 is 0 Å². The fourth-order valence-electron chi connectivity index (χ4n) is 4.75. The number of phenolic OH excluding ortho intramolecular Hbond substituents is 1. The molecule has 198 valence electrons. The van der Waals surface area contributed by atoms with Gasteiger partial charge in [-0.15, -0.1) is 15.0 Å². The van der Waals surface area contributed by atoms with Crippen molar-refractivity contribution < 1.29 is 9.84 Å². The van der Waals surface area contributed by atoms with Crippen LogP contribution in [0, 0.1) is 0 Å². The second-order valence-electron chi connectivity index (χ2n) is 10.1. The summed E-state index contributed by atoms with van der Waals surface area (Å²) < 4.78 is 5.77. The Morgan fingerprint density at radius 2 is 1.33 bits per heavy atom. The zero-order valence-electron chi connectivity index (χ0n) is 22.9. The van der Waals surface area contributed by atoms with E-state index in [0.29, 0.717) is 18.0 Å². The van der Waals surface area contributed by atoms with Gasteiger partial charge in [0.25, 0.3) is 0 Å². The minimum atomic E-state index is 0.318. The number of aryl methyl sites for hydroxylation is 2. The van der Waals surface area contributed by atoms with Gasteiger partial charge in [-0.1, -0.05) is 91.0 Å². The van der Waals surface area contributed by atoms with E-state index in [1.54, 1.807) is 4.80 Å². The zero-order valence-corrected chi connectivity index (χ0v) is 22.9. The third-order valence-corrected chi connectivity index (χ3v) is 6.89. The van der Waals surface area contributed by atoms with Crippen molar-refractivity contribution in [1.82, 2.24) is 15.0 Å². The average Bonchev–Trinajstić information content (AvgIpc) is 3.31. The predicted molar refractivity (Wildman–Crippen MR) is 150 cm³/mol. The van der Waals surface area contributed by atoms with E-state index in [-0.39, 0.29) is 0 Å². The molecular formula is C31H47N3O2. The van der Waals surface area contributed by atoms with Gasteiger partial charge in [0, 0.05) is 6.07 Å². The highest BCUT2D eigenvalue weighted by molar-refractivity contribution is 5.76. The lowest BCUT2D eigenvalue weighted by atomic mass is 9.98. The van der Waals surface area contributed by atoms with E-state index in [1.165, 1.54) is 76.2 Å². The van der Waals surface area contributed by atoms with E-state index in [4.69, 9.17) is 14.9 Å². The highest BCUT2D eigenvalue weighted by Gasteiger charge is 2.15. The fourth-order valence-corrected chi connectivity index (χ4v) is 4.75. The molecule has 0 saturated heterocycles. The SMILES string of the molecule is CCCCCCCCc1cc(CCCCCCCC)c(O)c(-n2nc3ccc(OCCC)cc3n2)c1. The first kappa shape index (κ1) is 28.0. The molecule has 1 aromatic heterocycles. The molecule has 0 bridgehead atoms. The Hall–Kier alpha value is -2.56. The van der Waals surface area contributed by atoms with Crippen LogP contribution in [-0.2, 0) is 12.8 Å². The first-order chi connectivity index (χ1) is 17.7. The molecule has 0 atom stereocenters. The maximum Gasteiger partial charge on any atom is 0.146 e. The van der Waals surface area contributed by atoms with Gasteiger partial charge >= 0.3 is 0 Å². The third kappa shape index (κ3) is 8.53. The van der Waals surface area contributed by atoms with Crippen LogP contribution >= 0.6 is 0 Å². The smallest absolute Gasteiger partial charge is 0.146 e. The molecule has 2 aromatic carbocycles. The highest BCUT2D eigenvalue weighted by Crippen LogP contribution is 2.31. The molecule has 0 spiro atoms. The van der Waals surface area contributed by atoms with Crippen LogP contribution < -0.4 is 4.74 Å². The first-order valence-corrected chi connectivity index (χ1v) is 14.5. The van der Waals surface area contributed by atoms with E-state index in [2.05, 4.69) is 32.9 Å². The van der Waals surface area contributed by atoms with Gasteiger partial charge in [0.1, 0.15) is 28.2 Å². The van der Waals surface area contributed by atoms with Crippen LogP contribution in [0.5, 0.6) is 11.5 Å². The van der Waals surface area contributed by atoms with Crippen LogP contribution in [0.1, 0.15) is 115 Å². The largest absolute Gasteiger partial charge is 0.505 e. The Labute approximate surface area is 218 Å². The number of unbranched alkanes of at least 4 members (excludes halogenated alkanes) is 10. The van der Waals surface area contributed by atoms with Crippen molar-refractivity contribution in [2.45, 2.75) is 117 Å². The summed E-state index contributed by atoms with van der Waals surface area (Å²) in [5.41, 5.74) is 4.57. The lowest BCUT2D eigenvalue weighted by Gasteiger charge is -2.13. The van der Waals surface area contributed by atoms with Crippen molar-refractivity contribution in [3.8, 4) is 17.2 Å². The van der Waals surface area contributed by atoms with Crippen LogP contribution in [0.2, 0.25) is 0 Å². The molecule has 3 rings (SSSR count). The monoisotopic (exact) mass is 493 g/mol. The molecule has 1 N–H and O–H groups in total. The Kier molecular flexibility index (Phi) is 12.1. The van der Waals surface area contributed by atoms with Crippen LogP contribution in [0.3, 0.4) is 0 Å². The molecule has 5 heteroatoms. The number of nitrogens with zero attached hydrogens (tertiary/aromatic N) is 3. The first-order valence-electron chi connectivity index (χ1n) is 14.5. The summed E-state index contributed by atoms with van der Waals surface area (Å²) in [7, 11) is 0. The number of ether oxygens (including phenoxy) is 1. The minimum absolute atomic E-state index is 0.318. The summed E-state index contributed by atoms with van der Waals surface area (Å²) in [4.78, 5) is 1.61. The lowest BCUT2D eigenvalue weighted by Crippen LogP contribution is -2.03. The van der Waals surface area contributed by atoms with Gasteiger partial charge < -0.3 is 9.84 Å². The molecule has 0 saturated carbocycles. The number of aromatic hydroxyl groups is 1. The van der Waals surface area contributed by atoms with Crippen LogP contribution in [0.15, 0.2) is 30.3 Å². The lowest BCUT2D eigenvalue weighted by molar-refractivity contribution is 0.318. The van der Waals surface area contributed by atoms with Crippen molar-refractivity contribution in [2.24, 2.45) is 0 Å². The van der Waals surface area contributed by atoms with Gasteiger partial charge in [0.05, 0.1) is 6.61 Å². The molecule has 36 heavy (non-hydrogen) atoms. The van der Waals surface area contributed by atoms with Crippen LogP contribution in [0.4, 0.5) is 0 Å². The molecule has 0 aliphatic carbocycles. The van der Waals surface area contributed by atoms with Crippen molar-refractivity contribution in [1.29, 1.82) is 0 Å². The van der Waals surface area contributed by atoms with E-state index in [1.807, 2.05) is 18.2 Å². The van der Waals surface area contributed by atoms with Gasteiger partial charge in [-0.25, -0.2) is 0 Å². The zero-order chi connectivity index (χ0) is 25.6. The molecule has 3 aromatic rings. The predicted octanol–water partition coefficient (Wildman–Crippen LogP) is 8.72. The Bertz CT molecular complexity index is 1040. The number of phenols is 1. The van der Waals surface area contributed by atoms with Crippen LogP contribution in [-0.4, -0.2) is 26.7 Å². The topological polar surface area (TPSA) is 60.2 Å². The number of fused-ring (bicyclic) bond motifs is 1. The molecule has 5 nitrogen and oxygen atoms in total. The molecule has 0 amide bonds. The minimum Gasteiger partial charge on any atom is -0.505 e. The van der Waals surface area contributed by atoms with E-state index < -0.39 is 0 Å². The molecule has 0 radical (unpaired) electrons. The van der Waals surface area contributed by atoms with Gasteiger partial charge in [-0.2, -0.15) is 0 Å². The average molecular weight is 494 g/mol. The molecule has 0 aliphatic rings. The van der Waals surface area contributed by atoms with Gasteiger partial charge in [-0.05, 0) is 61.4 Å². The number of hydrogen-bond acceptors (Lipinski definition) is 4. The van der Waals surface area contributed by atoms with Gasteiger partial charge in [0.2, 0.25) is 0 Å². The molecule has 1 heterocycles. The Morgan fingerprint density at radius 1 is 0.694 bits per heavy atom. The van der Waals surface area contributed by atoms with Crippen molar-refractivity contribution in [3.63, 3.8) is 0 Å². The maximum absolute atomic E-state index is 11.2. The second-order valence-corrected chi connectivity index (χ2v) is 10.1. The third-order valence-electron chi connectivity index (χ3n) is 6.89. The fraction of sp³-hybridized carbons (Fsp3) is 0.613. The normalized spacial score (nSPS) is 11.4. The second kappa shape index (κ2) is 15.5. The summed E-state index contributed by atoms with van der Waals surface area (Å²) in [6.07, 6.45) is 18.0. The summed E-state index contributed by atoms with van der Waals surface area (Å²) in [5, 5.41) is 20.7. The van der Waals surface area contributed by atoms with Crippen molar-refractivity contribution >= 4 is 11.0 Å². The number of aromatic nitrogens is 3. The molecule has 0 aliphatic heterocycles. The van der Waals surface area contributed by atoms with Crippen molar-refractivity contribution in [2.75, 3.05) is 6.61 Å². The standard InChI is InChI=1S/C31H47N3O2/c1-4-7-9-11-13-15-17-25-22-26(18-16-14-12-10-8-5-2)31(35)30(23-25)34-32-28-20-19-27(36-21-6-3)24-29(28)33-34/h19-20,22-24,35H,4-18,21H2,1-3H3. The van der Waals surface area contributed by atoms with E-state index in [9.17, 15) is 5.11 Å². The summed E-state index contributed by atoms with van der Waals surface area (Å²) in [5.74, 6) is 1.12. The maximum atomic E-state index is 11.2. The Balaban J connectivity index is 1.78. The van der Waals surface area contributed by atoms with Gasteiger partial charge in [0.15, 0.2) is 0 Å².